The van der Waals surface area contributed by atoms with Crippen LogP contribution in [0.5, 0.6) is 5.75 Å². The third kappa shape index (κ3) is 5.24. The van der Waals surface area contributed by atoms with Crippen molar-refractivity contribution in [2.24, 2.45) is 0 Å². The van der Waals surface area contributed by atoms with Crippen molar-refractivity contribution in [2.75, 3.05) is 6.61 Å². The van der Waals surface area contributed by atoms with Gasteiger partial charge in [0.15, 0.2) is 6.29 Å². The zero-order valence-electron chi connectivity index (χ0n) is 11.0. The lowest BCUT2D eigenvalue weighted by atomic mass is 10.2. The summed E-state index contributed by atoms with van der Waals surface area (Å²) in [5, 5.41) is 0. The number of nitrogens with one attached hydrogen (secondary N) is 1. The fourth-order valence-electron chi connectivity index (χ4n) is 1.79. The summed E-state index contributed by atoms with van der Waals surface area (Å²) in [6.45, 7) is 0.573. The molecule has 1 aromatic rings. The Morgan fingerprint density at radius 1 is 1.24 bits per heavy atom. The first kappa shape index (κ1) is 15.6. The summed E-state index contributed by atoms with van der Waals surface area (Å²) in [6, 6.07) is 4.53. The van der Waals surface area contributed by atoms with Crippen molar-refractivity contribution in [3.63, 3.8) is 0 Å². The zero-order chi connectivity index (χ0) is 15.3. The van der Waals surface area contributed by atoms with Gasteiger partial charge in [-0.25, -0.2) is 10.3 Å². The Kier molecular flexibility index (Phi) is 5.03. The molecule has 0 saturated carbocycles. The van der Waals surface area contributed by atoms with Crippen LogP contribution in [0.25, 0.3) is 0 Å². The van der Waals surface area contributed by atoms with Crippen LogP contribution in [0.4, 0.5) is 13.2 Å². The van der Waals surface area contributed by atoms with Crippen LogP contribution in [0, 0.1) is 0 Å². The molecule has 0 radical (unpaired) electrons. The smallest absolute Gasteiger partial charge is 0.406 e. The summed E-state index contributed by atoms with van der Waals surface area (Å²) >= 11 is 0. The van der Waals surface area contributed by atoms with Crippen molar-refractivity contribution in [3.8, 4) is 5.75 Å². The zero-order valence-corrected chi connectivity index (χ0v) is 11.0. The summed E-state index contributed by atoms with van der Waals surface area (Å²) in [5.41, 5.74) is 2.36. The largest absolute Gasteiger partial charge is 0.573 e. The van der Waals surface area contributed by atoms with Gasteiger partial charge in [-0.3, -0.25) is 4.79 Å². The minimum atomic E-state index is -4.76. The van der Waals surface area contributed by atoms with Gasteiger partial charge in [-0.2, -0.15) is 0 Å². The van der Waals surface area contributed by atoms with Gasteiger partial charge in [0.05, 0.1) is 0 Å². The maximum atomic E-state index is 12.0. The molecule has 5 nitrogen and oxygen atoms in total. The first-order valence-electron chi connectivity index (χ1n) is 6.37. The molecule has 1 heterocycles. The number of hydroxylamine groups is 1. The molecule has 1 aliphatic heterocycles. The van der Waals surface area contributed by atoms with Crippen LogP contribution in [-0.2, 0) is 9.57 Å². The van der Waals surface area contributed by atoms with Crippen LogP contribution < -0.4 is 10.2 Å². The Morgan fingerprint density at radius 2 is 1.95 bits per heavy atom. The third-order valence-corrected chi connectivity index (χ3v) is 2.77. The molecule has 0 aliphatic carbocycles. The SMILES string of the molecule is O=C(NOC1CCCCO1)c1ccc(OC(F)(F)F)cc1. The quantitative estimate of drug-likeness (QED) is 0.869. The minimum Gasteiger partial charge on any atom is -0.406 e. The number of hydrogen-bond donors (Lipinski definition) is 1. The van der Waals surface area contributed by atoms with E-state index in [-0.39, 0.29) is 5.56 Å². The Hall–Kier alpha value is -1.80. The number of amides is 1. The Morgan fingerprint density at radius 3 is 2.52 bits per heavy atom. The van der Waals surface area contributed by atoms with Crippen molar-refractivity contribution in [2.45, 2.75) is 31.9 Å². The summed E-state index contributed by atoms with van der Waals surface area (Å²) in [7, 11) is 0. The van der Waals surface area contributed by atoms with Crippen LogP contribution >= 0.6 is 0 Å². The van der Waals surface area contributed by atoms with E-state index in [0.29, 0.717) is 13.0 Å². The molecule has 8 heteroatoms. The van der Waals surface area contributed by atoms with E-state index in [1.54, 1.807) is 0 Å². The van der Waals surface area contributed by atoms with Gasteiger partial charge in [-0.1, -0.05) is 0 Å². The lowest BCUT2D eigenvalue weighted by molar-refractivity contribution is -0.274. The van der Waals surface area contributed by atoms with Gasteiger partial charge < -0.3 is 9.47 Å². The molecule has 21 heavy (non-hydrogen) atoms. The second-order valence-electron chi connectivity index (χ2n) is 4.42. The molecule has 1 aromatic carbocycles. The molecule has 1 fully saturated rings. The highest BCUT2D eigenvalue weighted by Gasteiger charge is 2.31. The Bertz CT molecular complexity index is 469. The summed E-state index contributed by atoms with van der Waals surface area (Å²) in [4.78, 5) is 16.8. The number of ether oxygens (including phenoxy) is 2. The number of alkyl halides is 3. The second-order valence-corrected chi connectivity index (χ2v) is 4.42. The highest BCUT2D eigenvalue weighted by atomic mass is 19.4. The van der Waals surface area contributed by atoms with Gasteiger partial charge in [-0.05, 0) is 37.1 Å². The molecule has 1 N–H and O–H groups in total. The fourth-order valence-corrected chi connectivity index (χ4v) is 1.79. The molecule has 2 rings (SSSR count). The average Bonchev–Trinajstić information content (AvgIpc) is 2.45. The van der Waals surface area contributed by atoms with Gasteiger partial charge in [0, 0.05) is 18.6 Å². The van der Waals surface area contributed by atoms with Gasteiger partial charge in [-0.15, -0.1) is 13.2 Å². The van der Waals surface area contributed by atoms with Gasteiger partial charge in [0.2, 0.25) is 0 Å². The van der Waals surface area contributed by atoms with E-state index in [2.05, 4.69) is 10.2 Å². The molecule has 1 amide bonds. The molecule has 1 saturated heterocycles. The van der Waals surface area contributed by atoms with Crippen LogP contribution in [0.3, 0.4) is 0 Å². The number of carbonyl (C=O) groups is 1. The summed E-state index contributed by atoms with van der Waals surface area (Å²) < 4.78 is 44.9. The van der Waals surface area contributed by atoms with E-state index in [1.807, 2.05) is 0 Å². The van der Waals surface area contributed by atoms with Gasteiger partial charge in [0.1, 0.15) is 5.75 Å². The van der Waals surface area contributed by atoms with Crippen LogP contribution in [-0.4, -0.2) is 25.2 Å². The van der Waals surface area contributed by atoms with Crippen molar-refractivity contribution >= 4 is 5.91 Å². The first-order chi connectivity index (χ1) is 9.94. The number of carbonyl (C=O) groups excluding carboxylic acids is 1. The first-order valence-corrected chi connectivity index (χ1v) is 6.37. The molecule has 0 aromatic heterocycles. The number of halogens is 3. The maximum Gasteiger partial charge on any atom is 0.573 e. The van der Waals surface area contributed by atoms with Crippen molar-refractivity contribution < 1.29 is 32.3 Å². The van der Waals surface area contributed by atoms with Crippen molar-refractivity contribution in [3.05, 3.63) is 29.8 Å². The van der Waals surface area contributed by atoms with E-state index in [9.17, 15) is 18.0 Å². The van der Waals surface area contributed by atoms with Gasteiger partial charge >= 0.3 is 6.36 Å². The molecule has 1 aliphatic rings. The third-order valence-electron chi connectivity index (χ3n) is 2.77. The lowest BCUT2D eigenvalue weighted by Gasteiger charge is -2.22. The molecular formula is C13H14F3NO4. The number of benzene rings is 1. The molecule has 116 valence electrons. The second kappa shape index (κ2) is 6.77. The normalized spacial score (nSPS) is 19.1. The average molecular weight is 305 g/mol. The number of hydrogen-bond acceptors (Lipinski definition) is 4. The fraction of sp³-hybridized carbons (Fsp3) is 0.462. The Balaban J connectivity index is 1.84. The van der Waals surface area contributed by atoms with Crippen LogP contribution in [0.1, 0.15) is 29.6 Å². The number of rotatable bonds is 4. The summed E-state index contributed by atoms with van der Waals surface area (Å²) in [6.07, 6.45) is -2.67. The molecule has 1 atom stereocenters. The highest BCUT2D eigenvalue weighted by molar-refractivity contribution is 5.93. The Labute approximate surface area is 118 Å². The maximum absolute atomic E-state index is 12.0. The van der Waals surface area contributed by atoms with E-state index in [1.165, 1.54) is 12.1 Å². The topological polar surface area (TPSA) is 56.8 Å². The van der Waals surface area contributed by atoms with Crippen LogP contribution in [0.15, 0.2) is 24.3 Å². The summed E-state index contributed by atoms with van der Waals surface area (Å²) in [5.74, 6) is -0.960. The highest BCUT2D eigenvalue weighted by Crippen LogP contribution is 2.22. The van der Waals surface area contributed by atoms with Crippen molar-refractivity contribution in [1.29, 1.82) is 0 Å². The predicted octanol–water partition coefficient (Wildman–Crippen LogP) is 2.77. The molecule has 0 bridgehead atoms. The molecule has 0 spiro atoms. The van der Waals surface area contributed by atoms with Crippen molar-refractivity contribution in [1.82, 2.24) is 5.48 Å². The monoisotopic (exact) mass is 305 g/mol. The van der Waals surface area contributed by atoms with E-state index < -0.39 is 24.3 Å². The molecular weight excluding hydrogens is 291 g/mol. The van der Waals surface area contributed by atoms with E-state index in [0.717, 1.165) is 25.0 Å². The van der Waals surface area contributed by atoms with Crippen LogP contribution in [0.2, 0.25) is 0 Å². The molecule has 1 unspecified atom stereocenters. The standard InChI is InChI=1S/C13H14F3NO4/c14-13(15,16)20-10-6-4-9(5-7-10)12(18)17-21-11-3-1-2-8-19-11/h4-7,11H,1-3,8H2,(H,17,18). The predicted molar refractivity (Wildman–Crippen MR) is 65.3 cm³/mol. The minimum absolute atomic E-state index is 0.153. The lowest BCUT2D eigenvalue weighted by Crippen LogP contribution is -2.33. The van der Waals surface area contributed by atoms with E-state index in [4.69, 9.17) is 9.57 Å². The van der Waals surface area contributed by atoms with Gasteiger partial charge in [0.25, 0.3) is 5.91 Å². The van der Waals surface area contributed by atoms with E-state index >= 15 is 0 Å².